The van der Waals surface area contributed by atoms with Crippen LogP contribution >= 0.6 is 0 Å². The molecule has 0 unspecified atom stereocenters. The van der Waals surface area contributed by atoms with Crippen LogP contribution in [0.15, 0.2) is 0 Å². The largest absolute Gasteiger partial charge is 0.316 e. The first-order chi connectivity index (χ1) is 61.1. The molecular weight excluding hydrogens is 1580 g/mol. The van der Waals surface area contributed by atoms with E-state index in [2.05, 4.69) is 307 Å². The third-order valence-corrected chi connectivity index (χ3v) is 37.0. The predicted molar refractivity (Wildman–Crippen MR) is 621 cm³/mol. The Morgan fingerprint density at radius 1 is 0.153 bits per heavy atom. The molecule has 3 N–H and O–H groups in total. The average Bonchev–Trinajstić information content (AvgIpc) is 1.60. The lowest BCUT2D eigenvalue weighted by atomic mass is 9.56. The molecule has 3 heterocycles. The molecule has 0 aromatic carbocycles. The fourth-order valence-corrected chi connectivity index (χ4v) is 26.5. The first-order valence-corrected chi connectivity index (χ1v) is 60.3. The molecule has 7 saturated carbocycles. The Labute approximate surface area is 843 Å². The second-order valence-electron chi connectivity index (χ2n) is 48.2. The van der Waals surface area contributed by atoms with Crippen LogP contribution in [0.3, 0.4) is 0 Å². The zero-order valence-corrected chi connectivity index (χ0v) is 105. The minimum Gasteiger partial charge on any atom is -0.316 e. The summed E-state index contributed by atoms with van der Waals surface area (Å²) in [4.78, 5) is 0. The highest BCUT2D eigenvalue weighted by atomic mass is 15.1. The smallest absolute Gasteiger partial charge is 0.0239 e. The molecule has 7 aliphatic carbocycles. The molecule has 0 spiro atoms. The molecule has 0 amide bonds. The molecule has 0 aromatic heterocycles. The van der Waals surface area contributed by atoms with Crippen molar-refractivity contribution in [2.24, 2.45) is 161 Å². The van der Waals surface area contributed by atoms with Crippen molar-refractivity contribution < 1.29 is 0 Å². The van der Waals surface area contributed by atoms with Gasteiger partial charge in [-0.2, -0.15) is 0 Å². The van der Waals surface area contributed by atoms with Gasteiger partial charge in [0.25, 0.3) is 0 Å². The van der Waals surface area contributed by atoms with Gasteiger partial charge in [0.15, 0.2) is 0 Å². The van der Waals surface area contributed by atoms with Gasteiger partial charge in [-0.25, -0.2) is 0 Å². The summed E-state index contributed by atoms with van der Waals surface area (Å²) in [5.74, 6) is 15.2. The first-order valence-electron chi connectivity index (χ1n) is 60.3. The Balaban J connectivity index is -0.000000152. The molecule has 10 aliphatic rings. The van der Waals surface area contributed by atoms with Gasteiger partial charge >= 0.3 is 0 Å². The topological polar surface area (TPSA) is 36.1 Å². The molecule has 806 valence electrons. The number of nitrogens with one attached hydrogen (secondary N) is 3. The van der Waals surface area contributed by atoms with Crippen molar-refractivity contribution in [1.82, 2.24) is 16.0 Å². The maximum atomic E-state index is 3.67. The van der Waals surface area contributed by atoms with Crippen LogP contribution in [-0.4, -0.2) is 37.3 Å². The highest BCUT2D eigenvalue weighted by molar-refractivity contribution is 5.05. The van der Waals surface area contributed by atoms with Crippen LogP contribution in [0.2, 0.25) is 0 Å². The Morgan fingerprint density at radius 3 is 0.427 bits per heavy atom. The number of hydrogen-bond acceptors (Lipinski definition) is 3. The van der Waals surface area contributed by atoms with E-state index in [0.29, 0.717) is 54.4 Å². The molecule has 3 aliphatic heterocycles. The van der Waals surface area contributed by atoms with Crippen LogP contribution in [0.1, 0.15) is 635 Å². The highest BCUT2D eigenvalue weighted by Gasteiger charge is 2.54. The standard InChI is InChI=1S/C14H28.2C12H24.C11H22.2C10H21N.3C10H20.C9H19N.10C2H6/c1-12(2)14(13(3,4)5)10-8-6-7-9-11-14;2*1-10(2)12(11(3)4)8-6-5-7-9-12;1-9(2)11(10(3)4)7-5-6-8-11;1-8(2)10(9(3)4)5-6-11-7-10;1-8(2)10(9(3)4)6-5-7-11-10;1-8(2)10(6-7-10)9(3,4)5;2*1-8(2)10(9(3)4)6-5-7-10;1-7(2)9(8(3)4)5-6-10-9;10*1-2/h12H,6-11H2,1-5H3;2*10-11H,5-9H2,1-4H3;9-10H,5-8H2,1-4H3;2*8-9,11H,5-7H2,1-4H3;8H,6-7H2,1-5H3;2*8-9H,5-7H2,1-4H3;7-8,10H,5-6H2,1-4H3;10*1-2H3. The van der Waals surface area contributed by atoms with E-state index in [1.807, 2.05) is 138 Å². The van der Waals surface area contributed by atoms with Crippen molar-refractivity contribution >= 4 is 0 Å². The van der Waals surface area contributed by atoms with Gasteiger partial charge in [0.2, 0.25) is 0 Å². The summed E-state index contributed by atoms with van der Waals surface area (Å²) in [6.07, 6.45) is 46.5. The lowest BCUT2D eigenvalue weighted by Gasteiger charge is -2.50. The molecule has 3 saturated heterocycles. The lowest BCUT2D eigenvalue weighted by Crippen LogP contribution is -2.63. The highest BCUT2D eigenvalue weighted by Crippen LogP contribution is 2.63. The second kappa shape index (κ2) is 79.4. The van der Waals surface area contributed by atoms with Crippen LogP contribution in [0.25, 0.3) is 0 Å². The second-order valence-corrected chi connectivity index (χ2v) is 48.2. The molecule has 10 rings (SSSR count). The van der Waals surface area contributed by atoms with Crippen molar-refractivity contribution in [2.75, 3.05) is 26.2 Å². The fraction of sp³-hybridized carbons (Fsp3) is 1.00. The van der Waals surface area contributed by atoms with Gasteiger partial charge in [-0.3, -0.25) is 0 Å². The Hall–Kier alpha value is -0.120. The summed E-state index contributed by atoms with van der Waals surface area (Å²) >= 11 is 0. The summed E-state index contributed by atoms with van der Waals surface area (Å²) in [6.45, 7) is 145. The first kappa shape index (κ1) is 151. The van der Waals surface area contributed by atoms with Crippen LogP contribution in [0.4, 0.5) is 0 Å². The third-order valence-electron chi connectivity index (χ3n) is 37.0. The average molecular weight is 1860 g/mol. The van der Waals surface area contributed by atoms with Crippen LogP contribution in [0.5, 0.6) is 0 Å². The molecule has 0 atom stereocenters. The number of rotatable bonds is 18. The molecule has 3 nitrogen and oxygen atoms in total. The van der Waals surface area contributed by atoms with Gasteiger partial charge in [-0.15, -0.1) is 0 Å². The zero-order chi connectivity index (χ0) is 106. The van der Waals surface area contributed by atoms with E-state index in [1.54, 1.807) is 0 Å². The summed E-state index contributed by atoms with van der Waals surface area (Å²) in [6, 6.07) is 0. The van der Waals surface area contributed by atoms with E-state index < -0.39 is 0 Å². The summed E-state index contributed by atoms with van der Waals surface area (Å²) < 4.78 is 0. The van der Waals surface area contributed by atoms with Crippen LogP contribution < -0.4 is 16.0 Å². The van der Waals surface area contributed by atoms with Gasteiger partial charge in [0.05, 0.1) is 0 Å². The molecule has 0 aromatic rings. The van der Waals surface area contributed by atoms with Crippen molar-refractivity contribution in [2.45, 2.75) is 646 Å². The summed E-state index contributed by atoms with van der Waals surface area (Å²) in [5.41, 5.74) is 7.29. The van der Waals surface area contributed by atoms with Gasteiger partial charge < -0.3 is 16.0 Å². The van der Waals surface area contributed by atoms with Crippen molar-refractivity contribution in [3.8, 4) is 0 Å². The van der Waals surface area contributed by atoms with E-state index in [0.717, 1.165) is 117 Å². The quantitative estimate of drug-likeness (QED) is 0.120. The molecule has 10 fully saturated rings. The maximum absolute atomic E-state index is 3.67. The van der Waals surface area contributed by atoms with Gasteiger partial charge in [0.1, 0.15) is 0 Å². The van der Waals surface area contributed by atoms with Gasteiger partial charge in [-0.05, 0) is 296 Å². The fourth-order valence-electron chi connectivity index (χ4n) is 26.5. The SMILES string of the molecule is CC.CC.CC.CC.CC.CC.CC.CC.CC.CC.CC(C)C1(C(C)(C)C)CC1.CC(C)C1(C(C)(C)C)CCCCCC1.CC(C)C1(C(C)C)CCC1.CC(C)C1(C(C)C)CCC1.CC(C)C1(C(C)C)CCCC1.CC(C)C1(C(C)C)CCCCC1.CC(C)C1(C(C)C)CCCCC1.CC(C)C1(C(C)C)CCCN1.CC(C)C1(C(C)C)CCN1.CC(C)C1(C(C)C)CCNC1. The molecule has 0 radical (unpaired) electrons. The van der Waals surface area contributed by atoms with E-state index in [4.69, 9.17) is 0 Å². The van der Waals surface area contributed by atoms with E-state index in [9.17, 15) is 0 Å². The maximum Gasteiger partial charge on any atom is 0.0239 e. The van der Waals surface area contributed by atoms with Gasteiger partial charge in [0, 0.05) is 17.6 Å². The molecule has 0 bridgehead atoms. The number of hydrogen-bond donors (Lipinski definition) is 3. The van der Waals surface area contributed by atoms with Crippen molar-refractivity contribution in [1.29, 1.82) is 0 Å². The third kappa shape index (κ3) is 46.9. The van der Waals surface area contributed by atoms with Crippen LogP contribution in [-0.2, 0) is 0 Å². The van der Waals surface area contributed by atoms with Crippen LogP contribution in [0, 0.1) is 161 Å². The molecule has 131 heavy (non-hydrogen) atoms. The zero-order valence-electron chi connectivity index (χ0n) is 105. The Bertz CT molecular complexity index is 2050. The summed E-state index contributed by atoms with van der Waals surface area (Å²) in [5, 5.41) is 10.7. The van der Waals surface area contributed by atoms with E-state index >= 15 is 0 Å². The Morgan fingerprint density at radius 2 is 0.336 bits per heavy atom. The molecule has 3 heteroatoms. The predicted octanol–water partition coefficient (Wildman–Crippen LogP) is 44.8. The van der Waals surface area contributed by atoms with Crippen molar-refractivity contribution in [3.05, 3.63) is 0 Å². The van der Waals surface area contributed by atoms with Crippen molar-refractivity contribution in [3.63, 3.8) is 0 Å². The molecular formula is C128H279N3. The monoisotopic (exact) mass is 1860 g/mol. The lowest BCUT2D eigenvalue weighted by molar-refractivity contribution is 0.0133. The normalized spacial score (nSPS) is 20.3. The van der Waals surface area contributed by atoms with Gasteiger partial charge in [-0.1, -0.05) is 519 Å². The minimum absolute atomic E-state index is 0.444. The van der Waals surface area contributed by atoms with E-state index in [1.165, 1.54) is 232 Å². The minimum atomic E-state index is 0.444. The summed E-state index contributed by atoms with van der Waals surface area (Å²) in [7, 11) is 0. The van der Waals surface area contributed by atoms with E-state index in [-0.39, 0.29) is 0 Å². The Kier molecular flexibility index (Phi) is 91.5.